The Hall–Kier alpha value is -2.49. The van der Waals surface area contributed by atoms with Gasteiger partial charge in [-0.3, -0.25) is 4.79 Å². The maximum absolute atomic E-state index is 13.1. The highest BCUT2D eigenvalue weighted by molar-refractivity contribution is 7.09. The number of nitrogens with zero attached hydrogens (tertiary/aromatic N) is 1. The van der Waals surface area contributed by atoms with Crippen molar-refractivity contribution in [2.45, 2.75) is 25.1 Å². The number of hydrogen-bond donors (Lipinski definition) is 2. The standard InChI is InChI=1S/C15H12F4N2O3S/c16-9-3-1-2-8(4-9)5-12-20-11(7-25-12)13(22)21-10(14(23)24)6-15(17,18)19/h1-4,7,10H,5-6H2,(H,21,22)(H,23,24). The number of alkyl halides is 3. The highest BCUT2D eigenvalue weighted by atomic mass is 32.1. The second kappa shape index (κ2) is 7.60. The summed E-state index contributed by atoms with van der Waals surface area (Å²) in [5.41, 5.74) is 0.423. The summed E-state index contributed by atoms with van der Waals surface area (Å²) in [5, 5.41) is 12.3. The van der Waals surface area contributed by atoms with Crippen LogP contribution in [0.25, 0.3) is 0 Å². The van der Waals surface area contributed by atoms with Gasteiger partial charge in [-0.05, 0) is 17.7 Å². The number of hydrogen-bond acceptors (Lipinski definition) is 4. The van der Waals surface area contributed by atoms with Crippen molar-refractivity contribution in [2.75, 3.05) is 0 Å². The average molecular weight is 376 g/mol. The van der Waals surface area contributed by atoms with Gasteiger partial charge in [-0.15, -0.1) is 11.3 Å². The molecule has 2 aromatic rings. The lowest BCUT2D eigenvalue weighted by atomic mass is 10.1. The molecule has 25 heavy (non-hydrogen) atoms. The number of thiazole rings is 1. The molecular formula is C15H12F4N2O3S. The Balaban J connectivity index is 2.05. The van der Waals surface area contributed by atoms with E-state index in [0.29, 0.717) is 10.6 Å². The minimum atomic E-state index is -4.74. The van der Waals surface area contributed by atoms with Gasteiger partial charge in [0.25, 0.3) is 5.91 Å². The van der Waals surface area contributed by atoms with Gasteiger partial charge < -0.3 is 10.4 Å². The summed E-state index contributed by atoms with van der Waals surface area (Å²) < 4.78 is 50.1. The van der Waals surface area contributed by atoms with Gasteiger partial charge in [-0.1, -0.05) is 12.1 Å². The highest BCUT2D eigenvalue weighted by Gasteiger charge is 2.36. The summed E-state index contributed by atoms with van der Waals surface area (Å²) in [6, 6.07) is 3.65. The van der Waals surface area contributed by atoms with Gasteiger partial charge in [0.05, 0.1) is 11.4 Å². The van der Waals surface area contributed by atoms with E-state index in [9.17, 15) is 27.2 Å². The van der Waals surface area contributed by atoms with Crippen molar-refractivity contribution >= 4 is 23.2 Å². The molecule has 0 aliphatic heterocycles. The van der Waals surface area contributed by atoms with Crippen molar-refractivity contribution in [1.82, 2.24) is 10.3 Å². The summed E-state index contributed by atoms with van der Waals surface area (Å²) in [7, 11) is 0. The maximum Gasteiger partial charge on any atom is 0.391 e. The fraction of sp³-hybridized carbons (Fsp3) is 0.267. The number of carboxylic acids is 1. The van der Waals surface area contributed by atoms with Crippen molar-refractivity contribution < 1.29 is 32.3 Å². The van der Waals surface area contributed by atoms with Crippen LogP contribution in [0.5, 0.6) is 0 Å². The molecule has 1 amide bonds. The SMILES string of the molecule is O=C(NC(CC(F)(F)F)C(=O)O)c1csc(Cc2cccc(F)c2)n1. The molecule has 1 unspecified atom stereocenters. The van der Waals surface area contributed by atoms with Crippen molar-refractivity contribution in [3.05, 3.63) is 51.7 Å². The normalized spacial score (nSPS) is 12.6. The average Bonchev–Trinajstić information content (AvgIpc) is 2.93. The van der Waals surface area contributed by atoms with Crippen LogP contribution < -0.4 is 5.32 Å². The van der Waals surface area contributed by atoms with E-state index in [1.54, 1.807) is 11.4 Å². The van der Waals surface area contributed by atoms with E-state index in [0.717, 1.165) is 11.3 Å². The van der Waals surface area contributed by atoms with Gasteiger partial charge in [0.15, 0.2) is 0 Å². The molecule has 0 saturated carbocycles. The molecule has 134 valence electrons. The number of benzene rings is 1. The summed E-state index contributed by atoms with van der Waals surface area (Å²) in [6.45, 7) is 0. The van der Waals surface area contributed by atoms with Gasteiger partial charge in [0.1, 0.15) is 17.6 Å². The van der Waals surface area contributed by atoms with Crippen LogP contribution >= 0.6 is 11.3 Å². The molecule has 0 fully saturated rings. The first-order valence-electron chi connectivity index (χ1n) is 6.93. The Morgan fingerprint density at radius 3 is 2.64 bits per heavy atom. The van der Waals surface area contributed by atoms with Crippen LogP contribution in [0.3, 0.4) is 0 Å². The lowest BCUT2D eigenvalue weighted by Crippen LogP contribution is -2.43. The van der Waals surface area contributed by atoms with E-state index in [-0.39, 0.29) is 12.1 Å². The van der Waals surface area contributed by atoms with E-state index < -0.39 is 36.3 Å². The molecule has 0 bridgehead atoms. The molecule has 0 radical (unpaired) electrons. The number of carbonyl (C=O) groups is 2. The van der Waals surface area contributed by atoms with Crippen molar-refractivity contribution in [3.63, 3.8) is 0 Å². The van der Waals surface area contributed by atoms with Gasteiger partial charge in [-0.2, -0.15) is 13.2 Å². The molecule has 2 rings (SSSR count). The molecule has 1 aromatic carbocycles. The molecule has 1 heterocycles. The first kappa shape index (κ1) is 18.8. The maximum atomic E-state index is 13.1. The fourth-order valence-corrected chi connectivity index (χ4v) is 2.79. The topological polar surface area (TPSA) is 79.3 Å². The Kier molecular flexibility index (Phi) is 5.73. The summed E-state index contributed by atoms with van der Waals surface area (Å²) in [5.74, 6) is -3.23. The molecule has 5 nitrogen and oxygen atoms in total. The van der Waals surface area contributed by atoms with Crippen molar-refractivity contribution in [1.29, 1.82) is 0 Å². The number of amides is 1. The summed E-state index contributed by atoms with van der Waals surface area (Å²) in [4.78, 5) is 26.7. The molecule has 0 aliphatic carbocycles. The van der Waals surface area contributed by atoms with E-state index in [4.69, 9.17) is 5.11 Å². The van der Waals surface area contributed by atoms with Crippen LogP contribution in [0, 0.1) is 5.82 Å². The number of carbonyl (C=O) groups excluding carboxylic acids is 1. The van der Waals surface area contributed by atoms with Crippen LogP contribution in [0.15, 0.2) is 29.6 Å². The van der Waals surface area contributed by atoms with Crippen LogP contribution in [0.4, 0.5) is 17.6 Å². The molecule has 0 spiro atoms. The highest BCUT2D eigenvalue weighted by Crippen LogP contribution is 2.22. The second-order valence-electron chi connectivity index (χ2n) is 5.12. The Bertz CT molecular complexity index is 776. The first-order valence-corrected chi connectivity index (χ1v) is 7.81. The predicted molar refractivity (Wildman–Crippen MR) is 80.9 cm³/mol. The third-order valence-electron chi connectivity index (χ3n) is 3.07. The monoisotopic (exact) mass is 376 g/mol. The van der Waals surface area contributed by atoms with E-state index in [1.807, 2.05) is 0 Å². The number of nitrogens with one attached hydrogen (secondary N) is 1. The van der Waals surface area contributed by atoms with E-state index in [1.165, 1.54) is 23.6 Å². The lowest BCUT2D eigenvalue weighted by molar-refractivity contribution is -0.157. The van der Waals surface area contributed by atoms with Crippen molar-refractivity contribution in [3.8, 4) is 0 Å². The van der Waals surface area contributed by atoms with Gasteiger partial charge in [0, 0.05) is 11.8 Å². The van der Waals surface area contributed by atoms with Crippen LogP contribution in [-0.2, 0) is 11.2 Å². The zero-order chi connectivity index (χ0) is 18.6. The Morgan fingerprint density at radius 1 is 1.32 bits per heavy atom. The lowest BCUT2D eigenvalue weighted by Gasteiger charge is -2.15. The smallest absolute Gasteiger partial charge is 0.391 e. The number of halogens is 4. The molecule has 0 saturated heterocycles. The minimum absolute atomic E-state index is 0.190. The zero-order valence-corrected chi connectivity index (χ0v) is 13.3. The van der Waals surface area contributed by atoms with Gasteiger partial charge in [0.2, 0.25) is 0 Å². The Labute approximate surface area is 143 Å². The quantitative estimate of drug-likeness (QED) is 0.760. The largest absolute Gasteiger partial charge is 0.480 e. The van der Waals surface area contributed by atoms with E-state index >= 15 is 0 Å². The van der Waals surface area contributed by atoms with Crippen LogP contribution in [0.1, 0.15) is 27.5 Å². The predicted octanol–water partition coefficient (Wildman–Crippen LogP) is 3.01. The molecule has 1 aromatic heterocycles. The van der Waals surface area contributed by atoms with Crippen LogP contribution in [0.2, 0.25) is 0 Å². The third kappa shape index (κ3) is 5.82. The van der Waals surface area contributed by atoms with Crippen LogP contribution in [-0.4, -0.2) is 34.2 Å². The van der Waals surface area contributed by atoms with E-state index in [2.05, 4.69) is 4.98 Å². The number of aromatic nitrogens is 1. The zero-order valence-electron chi connectivity index (χ0n) is 12.5. The number of aliphatic carboxylic acids is 1. The fourth-order valence-electron chi connectivity index (χ4n) is 1.98. The van der Waals surface area contributed by atoms with Gasteiger partial charge >= 0.3 is 12.1 Å². The van der Waals surface area contributed by atoms with Crippen molar-refractivity contribution in [2.24, 2.45) is 0 Å². The number of carboxylic acid groups (broad SMARTS) is 1. The minimum Gasteiger partial charge on any atom is -0.480 e. The Morgan fingerprint density at radius 2 is 2.04 bits per heavy atom. The third-order valence-corrected chi connectivity index (χ3v) is 3.92. The van der Waals surface area contributed by atoms with Gasteiger partial charge in [-0.25, -0.2) is 14.2 Å². The molecule has 0 aliphatic rings. The number of rotatable bonds is 6. The summed E-state index contributed by atoms with van der Waals surface area (Å²) in [6.07, 6.45) is -6.18. The summed E-state index contributed by atoms with van der Waals surface area (Å²) >= 11 is 1.06. The molecule has 1 atom stereocenters. The molecule has 10 heteroatoms. The second-order valence-corrected chi connectivity index (χ2v) is 6.06. The molecule has 2 N–H and O–H groups in total. The molecular weight excluding hydrogens is 364 g/mol. The first-order chi connectivity index (χ1) is 11.6.